The zero-order valence-electron chi connectivity index (χ0n) is 21.7. The number of rotatable bonds is 18. The molecule has 0 saturated heterocycles. The standard InChI is InChI=1S/C29H53N.ClH/c1-6-7-8-9-10-11-12-13-14-15-16-17-18-19-20-21-22-27-26(3)25(2)23-24-28(27)29(4,5)30;/h23-24H,6-22,30H2,1-5H3;1H. The SMILES string of the molecule is CCCCCCCCCCCCCCCCCCc1c(C(C)(C)N)ccc(C)c1C.Cl. The van der Waals surface area contributed by atoms with Crippen LogP contribution in [-0.2, 0) is 12.0 Å². The summed E-state index contributed by atoms with van der Waals surface area (Å²) in [6.45, 7) is 11.1. The van der Waals surface area contributed by atoms with Crippen LogP contribution >= 0.6 is 12.4 Å². The lowest BCUT2D eigenvalue weighted by Gasteiger charge is -2.25. The van der Waals surface area contributed by atoms with Crippen LogP contribution in [0.2, 0.25) is 0 Å². The number of aryl methyl sites for hydroxylation is 1. The number of unbranched alkanes of at least 4 members (excludes halogenated alkanes) is 15. The fourth-order valence-electron chi connectivity index (χ4n) is 4.65. The molecule has 0 atom stereocenters. The van der Waals surface area contributed by atoms with Crippen molar-refractivity contribution in [2.24, 2.45) is 5.73 Å². The minimum Gasteiger partial charge on any atom is -0.322 e. The van der Waals surface area contributed by atoms with Crippen LogP contribution in [0.4, 0.5) is 0 Å². The van der Waals surface area contributed by atoms with Crippen molar-refractivity contribution < 1.29 is 0 Å². The maximum Gasteiger partial charge on any atom is 0.0355 e. The van der Waals surface area contributed by atoms with Crippen LogP contribution in [0, 0.1) is 13.8 Å². The van der Waals surface area contributed by atoms with Crippen molar-refractivity contribution in [2.45, 2.75) is 149 Å². The highest BCUT2D eigenvalue weighted by molar-refractivity contribution is 5.85. The maximum absolute atomic E-state index is 6.44. The number of hydrogen-bond acceptors (Lipinski definition) is 1. The molecule has 0 heterocycles. The van der Waals surface area contributed by atoms with E-state index >= 15 is 0 Å². The third kappa shape index (κ3) is 13.6. The van der Waals surface area contributed by atoms with Crippen LogP contribution in [-0.4, -0.2) is 0 Å². The second kappa shape index (κ2) is 18.0. The summed E-state index contributed by atoms with van der Waals surface area (Å²) >= 11 is 0. The van der Waals surface area contributed by atoms with Crippen molar-refractivity contribution in [1.82, 2.24) is 0 Å². The summed E-state index contributed by atoms with van der Waals surface area (Å²) in [5, 5.41) is 0. The lowest BCUT2D eigenvalue weighted by Crippen LogP contribution is -2.30. The van der Waals surface area contributed by atoms with Gasteiger partial charge in [0.25, 0.3) is 0 Å². The van der Waals surface area contributed by atoms with E-state index in [2.05, 4.69) is 46.8 Å². The first-order valence-electron chi connectivity index (χ1n) is 13.3. The van der Waals surface area contributed by atoms with Crippen molar-refractivity contribution in [3.63, 3.8) is 0 Å². The molecular weight excluding hydrogens is 398 g/mol. The zero-order chi connectivity index (χ0) is 22.2. The number of hydrogen-bond donors (Lipinski definition) is 1. The summed E-state index contributed by atoms with van der Waals surface area (Å²) in [6, 6.07) is 4.49. The van der Waals surface area contributed by atoms with Crippen LogP contribution in [0.15, 0.2) is 12.1 Å². The summed E-state index contributed by atoms with van der Waals surface area (Å²) in [5.74, 6) is 0. The van der Waals surface area contributed by atoms with Crippen LogP contribution in [0.3, 0.4) is 0 Å². The Kier molecular flexibility index (Phi) is 17.7. The Labute approximate surface area is 201 Å². The second-order valence-corrected chi connectivity index (χ2v) is 10.3. The summed E-state index contributed by atoms with van der Waals surface area (Å²) in [5.41, 5.74) is 11.9. The van der Waals surface area contributed by atoms with Crippen molar-refractivity contribution in [3.8, 4) is 0 Å². The maximum atomic E-state index is 6.44. The normalized spacial score (nSPS) is 11.5. The molecule has 1 aromatic rings. The monoisotopic (exact) mass is 451 g/mol. The predicted molar refractivity (Wildman–Crippen MR) is 144 cm³/mol. The van der Waals surface area contributed by atoms with E-state index in [0.717, 1.165) is 0 Å². The van der Waals surface area contributed by atoms with Gasteiger partial charge in [-0.3, -0.25) is 0 Å². The van der Waals surface area contributed by atoms with E-state index in [9.17, 15) is 0 Å². The molecule has 0 aliphatic rings. The van der Waals surface area contributed by atoms with Gasteiger partial charge in [0.1, 0.15) is 0 Å². The molecule has 2 heteroatoms. The number of halogens is 1. The molecule has 0 bridgehead atoms. The molecule has 0 amide bonds. The van der Waals surface area contributed by atoms with E-state index in [-0.39, 0.29) is 17.9 Å². The van der Waals surface area contributed by atoms with Gasteiger partial charge in [-0.2, -0.15) is 0 Å². The van der Waals surface area contributed by atoms with Gasteiger partial charge in [0, 0.05) is 5.54 Å². The Morgan fingerprint density at radius 1 is 0.645 bits per heavy atom. The van der Waals surface area contributed by atoms with Crippen molar-refractivity contribution >= 4 is 12.4 Å². The minimum absolute atomic E-state index is 0. The summed E-state index contributed by atoms with van der Waals surface area (Å²) in [7, 11) is 0. The van der Waals surface area contributed by atoms with E-state index in [1.165, 1.54) is 131 Å². The topological polar surface area (TPSA) is 26.0 Å². The van der Waals surface area contributed by atoms with Gasteiger partial charge in [0.15, 0.2) is 0 Å². The van der Waals surface area contributed by atoms with E-state index in [1.54, 1.807) is 0 Å². The lowest BCUT2D eigenvalue weighted by molar-refractivity contribution is 0.526. The third-order valence-electron chi connectivity index (χ3n) is 6.84. The first-order chi connectivity index (χ1) is 14.4. The molecule has 0 aromatic heterocycles. The summed E-state index contributed by atoms with van der Waals surface area (Å²) in [4.78, 5) is 0. The molecule has 0 spiro atoms. The number of benzene rings is 1. The molecule has 0 aliphatic carbocycles. The van der Waals surface area contributed by atoms with Gasteiger partial charge in [0.05, 0.1) is 0 Å². The van der Waals surface area contributed by atoms with Gasteiger partial charge < -0.3 is 5.73 Å². The molecule has 0 fully saturated rings. The molecule has 0 radical (unpaired) electrons. The fourth-order valence-corrected chi connectivity index (χ4v) is 4.65. The second-order valence-electron chi connectivity index (χ2n) is 10.3. The Bertz CT molecular complexity index is 559. The van der Waals surface area contributed by atoms with Crippen LogP contribution in [0.1, 0.15) is 146 Å². The molecule has 1 aromatic carbocycles. The predicted octanol–water partition coefficient (Wildman–Crippen LogP) is 9.72. The molecular formula is C29H54ClN. The Hall–Kier alpha value is -0.530. The summed E-state index contributed by atoms with van der Waals surface area (Å²) in [6.07, 6.45) is 24.0. The average Bonchev–Trinajstić information content (AvgIpc) is 2.69. The highest BCUT2D eigenvalue weighted by atomic mass is 35.5. The lowest BCUT2D eigenvalue weighted by atomic mass is 9.84. The van der Waals surface area contributed by atoms with Gasteiger partial charge in [-0.15, -0.1) is 12.4 Å². The van der Waals surface area contributed by atoms with E-state index < -0.39 is 0 Å². The van der Waals surface area contributed by atoms with Crippen molar-refractivity contribution in [1.29, 1.82) is 0 Å². The molecule has 1 rings (SSSR count). The van der Waals surface area contributed by atoms with Gasteiger partial charge in [-0.25, -0.2) is 0 Å². The van der Waals surface area contributed by atoms with Crippen molar-refractivity contribution in [3.05, 3.63) is 34.4 Å². The quantitative estimate of drug-likeness (QED) is 0.221. The molecule has 0 unspecified atom stereocenters. The third-order valence-corrected chi connectivity index (χ3v) is 6.84. The first kappa shape index (κ1) is 30.5. The zero-order valence-corrected chi connectivity index (χ0v) is 22.5. The largest absolute Gasteiger partial charge is 0.322 e. The smallest absolute Gasteiger partial charge is 0.0355 e. The highest BCUT2D eigenvalue weighted by Crippen LogP contribution is 2.28. The average molecular weight is 452 g/mol. The highest BCUT2D eigenvalue weighted by Gasteiger charge is 2.19. The van der Waals surface area contributed by atoms with E-state index in [4.69, 9.17) is 5.73 Å². The molecule has 0 aliphatic heterocycles. The van der Waals surface area contributed by atoms with Crippen LogP contribution in [0.5, 0.6) is 0 Å². The van der Waals surface area contributed by atoms with Gasteiger partial charge >= 0.3 is 0 Å². The Morgan fingerprint density at radius 2 is 1.03 bits per heavy atom. The minimum atomic E-state index is -0.247. The van der Waals surface area contributed by atoms with Crippen LogP contribution in [0.25, 0.3) is 0 Å². The van der Waals surface area contributed by atoms with E-state index in [0.29, 0.717) is 0 Å². The molecule has 31 heavy (non-hydrogen) atoms. The molecule has 1 nitrogen and oxygen atoms in total. The van der Waals surface area contributed by atoms with Gasteiger partial charge in [-0.1, -0.05) is 115 Å². The molecule has 2 N–H and O–H groups in total. The fraction of sp³-hybridized carbons (Fsp3) is 0.793. The number of nitrogens with two attached hydrogens (primary N) is 1. The van der Waals surface area contributed by atoms with Gasteiger partial charge in [-0.05, 0) is 62.8 Å². The first-order valence-corrected chi connectivity index (χ1v) is 13.3. The Balaban J connectivity index is 0.00000900. The molecule has 182 valence electrons. The van der Waals surface area contributed by atoms with Crippen LogP contribution < -0.4 is 5.73 Å². The van der Waals surface area contributed by atoms with Crippen molar-refractivity contribution in [2.75, 3.05) is 0 Å². The molecule has 0 saturated carbocycles. The summed E-state index contributed by atoms with van der Waals surface area (Å²) < 4.78 is 0. The van der Waals surface area contributed by atoms with E-state index in [1.807, 2.05) is 0 Å². The van der Waals surface area contributed by atoms with Gasteiger partial charge in [0.2, 0.25) is 0 Å². The Morgan fingerprint density at radius 3 is 1.42 bits per heavy atom.